The molecule has 4 N–H and O–H groups in total. The van der Waals surface area contributed by atoms with E-state index < -0.39 is 0 Å². The first-order valence-electron chi connectivity index (χ1n) is 6.29. The van der Waals surface area contributed by atoms with Crippen LogP contribution in [0.2, 0.25) is 0 Å². The number of methoxy groups -OCH3 is 1. The number of nitrogen functional groups attached to an aromatic ring is 1. The van der Waals surface area contributed by atoms with Crippen molar-refractivity contribution in [3.63, 3.8) is 0 Å². The first kappa shape index (κ1) is 13.0. The molecule has 3 aromatic rings. The van der Waals surface area contributed by atoms with Crippen molar-refractivity contribution in [2.24, 2.45) is 0 Å². The fourth-order valence-electron chi connectivity index (χ4n) is 2.23. The number of fused-ring (bicyclic) bond motifs is 1. The van der Waals surface area contributed by atoms with Crippen molar-refractivity contribution in [1.82, 2.24) is 9.97 Å². The molecule has 0 saturated heterocycles. The number of nitrogens with two attached hydrogens (primary N) is 1. The quantitative estimate of drug-likeness (QED) is 0.502. The molecule has 6 heteroatoms. The van der Waals surface area contributed by atoms with Crippen LogP contribution in [0.15, 0.2) is 41.2 Å². The van der Waals surface area contributed by atoms with Gasteiger partial charge in [0.25, 0.3) is 0 Å². The first-order chi connectivity index (χ1) is 10.1. The highest BCUT2D eigenvalue weighted by Crippen LogP contribution is 2.24. The summed E-state index contributed by atoms with van der Waals surface area (Å²) < 4.78 is 5.19. The zero-order chi connectivity index (χ0) is 15.0. The maximum atomic E-state index is 12.6. The predicted octanol–water partition coefficient (Wildman–Crippen LogP) is 1.68. The van der Waals surface area contributed by atoms with Crippen molar-refractivity contribution in [3.05, 3.63) is 58.0 Å². The van der Waals surface area contributed by atoms with E-state index in [2.05, 4.69) is 9.97 Å². The van der Waals surface area contributed by atoms with Crippen LogP contribution in [0, 0.1) is 0 Å². The molecule has 0 aliphatic heterocycles. The van der Waals surface area contributed by atoms with Gasteiger partial charge in [0.1, 0.15) is 5.75 Å². The molecule has 0 atom stereocenters. The van der Waals surface area contributed by atoms with E-state index in [1.54, 1.807) is 36.4 Å². The molecule has 1 heterocycles. The van der Waals surface area contributed by atoms with Gasteiger partial charge in [-0.15, -0.1) is 0 Å². The molecule has 0 aliphatic carbocycles. The van der Waals surface area contributed by atoms with Crippen molar-refractivity contribution in [3.8, 4) is 5.75 Å². The summed E-state index contributed by atoms with van der Waals surface area (Å²) in [6.07, 6.45) is 0. The number of anilines is 1. The Morgan fingerprint density at radius 1 is 1.10 bits per heavy atom. The Kier molecular flexibility index (Phi) is 2.98. The number of carbonyl (C=O) groups is 1. The third-order valence-electron chi connectivity index (χ3n) is 3.25. The first-order valence-corrected chi connectivity index (χ1v) is 6.29. The van der Waals surface area contributed by atoms with Gasteiger partial charge in [0.15, 0.2) is 5.78 Å². The van der Waals surface area contributed by atoms with Gasteiger partial charge in [0.05, 0.1) is 23.7 Å². The zero-order valence-electron chi connectivity index (χ0n) is 11.3. The molecule has 106 valence electrons. The van der Waals surface area contributed by atoms with Crippen molar-refractivity contribution >= 4 is 22.5 Å². The molecule has 0 fully saturated rings. The summed E-state index contributed by atoms with van der Waals surface area (Å²) in [4.78, 5) is 29.1. The van der Waals surface area contributed by atoms with Crippen LogP contribution in [0.5, 0.6) is 5.75 Å². The molecule has 2 aromatic carbocycles. The lowest BCUT2D eigenvalue weighted by Gasteiger charge is -2.08. The Labute approximate surface area is 119 Å². The van der Waals surface area contributed by atoms with E-state index in [0.29, 0.717) is 33.6 Å². The summed E-state index contributed by atoms with van der Waals surface area (Å²) in [7, 11) is 1.50. The van der Waals surface area contributed by atoms with Gasteiger partial charge >= 0.3 is 5.69 Å². The van der Waals surface area contributed by atoms with Crippen LogP contribution in [0.25, 0.3) is 11.0 Å². The Bertz CT molecular complexity index is 893. The minimum Gasteiger partial charge on any atom is -0.496 e. The molecule has 0 spiro atoms. The normalized spacial score (nSPS) is 10.7. The minimum absolute atomic E-state index is 0.219. The van der Waals surface area contributed by atoms with Crippen molar-refractivity contribution in [1.29, 1.82) is 0 Å². The summed E-state index contributed by atoms with van der Waals surface area (Å²) in [5.41, 5.74) is 7.96. The van der Waals surface area contributed by atoms with Gasteiger partial charge in [-0.25, -0.2) is 4.79 Å². The van der Waals surface area contributed by atoms with Crippen LogP contribution in [-0.2, 0) is 0 Å². The lowest BCUT2D eigenvalue weighted by atomic mass is 10.0. The summed E-state index contributed by atoms with van der Waals surface area (Å²) in [5.74, 6) is 0.236. The Morgan fingerprint density at radius 2 is 1.86 bits per heavy atom. The van der Waals surface area contributed by atoms with Gasteiger partial charge in [-0.05, 0) is 36.4 Å². The highest BCUT2D eigenvalue weighted by atomic mass is 16.5. The number of imidazole rings is 1. The van der Waals surface area contributed by atoms with Gasteiger partial charge in [-0.2, -0.15) is 0 Å². The average Bonchev–Trinajstić information content (AvgIpc) is 2.85. The van der Waals surface area contributed by atoms with E-state index in [-0.39, 0.29) is 11.5 Å². The second-order valence-electron chi connectivity index (χ2n) is 4.63. The molecule has 3 rings (SSSR count). The van der Waals surface area contributed by atoms with Crippen LogP contribution in [0.3, 0.4) is 0 Å². The molecule has 0 amide bonds. The summed E-state index contributed by atoms with van der Waals surface area (Å²) in [6, 6.07) is 9.85. The van der Waals surface area contributed by atoms with Crippen LogP contribution in [0.4, 0.5) is 5.69 Å². The lowest BCUT2D eigenvalue weighted by molar-refractivity contribution is 0.103. The molecule has 6 nitrogen and oxygen atoms in total. The minimum atomic E-state index is -0.309. The van der Waals surface area contributed by atoms with Crippen molar-refractivity contribution in [2.75, 3.05) is 12.8 Å². The monoisotopic (exact) mass is 283 g/mol. The number of benzene rings is 2. The van der Waals surface area contributed by atoms with Crippen molar-refractivity contribution < 1.29 is 9.53 Å². The van der Waals surface area contributed by atoms with Crippen LogP contribution in [-0.4, -0.2) is 22.9 Å². The van der Waals surface area contributed by atoms with Gasteiger partial charge in [0, 0.05) is 11.3 Å². The molecule has 0 saturated carbocycles. The van der Waals surface area contributed by atoms with Crippen LogP contribution < -0.4 is 16.2 Å². The predicted molar refractivity (Wildman–Crippen MR) is 79.8 cm³/mol. The SMILES string of the molecule is COc1ccc(N)cc1C(=O)c1ccc2[nH]c(=O)[nH]c2c1. The van der Waals surface area contributed by atoms with Gasteiger partial charge in [-0.1, -0.05) is 0 Å². The summed E-state index contributed by atoms with van der Waals surface area (Å²) >= 11 is 0. The number of nitrogens with one attached hydrogen (secondary N) is 2. The second-order valence-corrected chi connectivity index (χ2v) is 4.63. The molecule has 21 heavy (non-hydrogen) atoms. The number of ketones is 1. The van der Waals surface area contributed by atoms with E-state index in [9.17, 15) is 9.59 Å². The third-order valence-corrected chi connectivity index (χ3v) is 3.25. The zero-order valence-corrected chi connectivity index (χ0v) is 11.3. The smallest absolute Gasteiger partial charge is 0.323 e. The number of hydrogen-bond acceptors (Lipinski definition) is 4. The molecule has 0 unspecified atom stereocenters. The number of aromatic amines is 2. The average molecular weight is 283 g/mol. The number of ether oxygens (including phenoxy) is 1. The Morgan fingerprint density at radius 3 is 2.62 bits per heavy atom. The van der Waals surface area contributed by atoms with E-state index in [4.69, 9.17) is 10.5 Å². The molecular weight excluding hydrogens is 270 g/mol. The number of aromatic nitrogens is 2. The van der Waals surface area contributed by atoms with Crippen molar-refractivity contribution in [2.45, 2.75) is 0 Å². The summed E-state index contributed by atoms with van der Waals surface area (Å²) in [5, 5.41) is 0. The molecule has 0 bridgehead atoms. The lowest BCUT2D eigenvalue weighted by Crippen LogP contribution is -2.05. The largest absolute Gasteiger partial charge is 0.496 e. The molecule has 0 radical (unpaired) electrons. The fourth-order valence-corrected chi connectivity index (χ4v) is 2.23. The molecular formula is C15H13N3O3. The second kappa shape index (κ2) is 4.82. The van der Waals surface area contributed by atoms with Gasteiger partial charge in [0.2, 0.25) is 0 Å². The summed E-state index contributed by atoms with van der Waals surface area (Å²) in [6.45, 7) is 0. The van der Waals surface area contributed by atoms with E-state index >= 15 is 0 Å². The highest BCUT2D eigenvalue weighted by Gasteiger charge is 2.15. The maximum absolute atomic E-state index is 12.6. The van der Waals surface area contributed by atoms with Gasteiger partial charge in [-0.3, -0.25) is 4.79 Å². The highest BCUT2D eigenvalue weighted by molar-refractivity contribution is 6.12. The fraction of sp³-hybridized carbons (Fsp3) is 0.0667. The number of carbonyl (C=O) groups excluding carboxylic acids is 1. The number of hydrogen-bond donors (Lipinski definition) is 3. The third kappa shape index (κ3) is 2.27. The van der Waals surface area contributed by atoms with E-state index in [1.807, 2.05) is 0 Å². The van der Waals surface area contributed by atoms with E-state index in [0.717, 1.165) is 0 Å². The van der Waals surface area contributed by atoms with Gasteiger partial charge < -0.3 is 20.4 Å². The number of H-pyrrole nitrogens is 2. The molecule has 1 aromatic heterocycles. The van der Waals surface area contributed by atoms with Crippen LogP contribution in [0.1, 0.15) is 15.9 Å². The Hall–Kier alpha value is -3.02. The standard InChI is InChI=1S/C15H13N3O3/c1-21-13-5-3-9(16)7-10(13)14(19)8-2-4-11-12(6-8)18-15(20)17-11/h2-7H,16H2,1H3,(H2,17,18,20). The Balaban J connectivity index is 2.11. The van der Waals surface area contributed by atoms with Crippen LogP contribution >= 0.6 is 0 Å². The van der Waals surface area contributed by atoms with E-state index in [1.165, 1.54) is 7.11 Å². The maximum Gasteiger partial charge on any atom is 0.323 e. The topological polar surface area (TPSA) is 101 Å². The molecule has 0 aliphatic rings. The number of rotatable bonds is 3.